The summed E-state index contributed by atoms with van der Waals surface area (Å²) >= 11 is 0. The van der Waals surface area contributed by atoms with E-state index in [2.05, 4.69) is 48.4 Å². The molecule has 1 atom stereocenters. The van der Waals surface area contributed by atoms with Gasteiger partial charge in [0, 0.05) is 38.1 Å². The molecule has 1 heterocycles. The summed E-state index contributed by atoms with van der Waals surface area (Å²) in [6, 6.07) is 2.36. The van der Waals surface area contributed by atoms with Crippen LogP contribution in [-0.2, 0) is 6.54 Å². The molecule has 0 aromatic carbocycles. The molecular formula is C14H27N5. The van der Waals surface area contributed by atoms with Crippen LogP contribution >= 0.6 is 0 Å². The molecule has 0 spiro atoms. The van der Waals surface area contributed by atoms with Crippen molar-refractivity contribution in [1.82, 2.24) is 20.4 Å². The fourth-order valence-corrected chi connectivity index (χ4v) is 1.56. The van der Waals surface area contributed by atoms with Gasteiger partial charge in [0.25, 0.3) is 0 Å². The molecule has 0 saturated heterocycles. The Morgan fingerprint density at radius 2 is 2.16 bits per heavy atom. The number of guanidine groups is 1. The number of nitrogens with one attached hydrogen (secondary N) is 2. The van der Waals surface area contributed by atoms with Crippen LogP contribution in [0.15, 0.2) is 23.5 Å². The van der Waals surface area contributed by atoms with E-state index in [9.17, 15) is 0 Å². The van der Waals surface area contributed by atoms with E-state index >= 15 is 0 Å². The monoisotopic (exact) mass is 265 g/mol. The highest BCUT2D eigenvalue weighted by Crippen LogP contribution is 1.99. The van der Waals surface area contributed by atoms with Gasteiger partial charge in [0.1, 0.15) is 0 Å². The average Bonchev–Trinajstić information content (AvgIpc) is 2.87. The molecule has 0 aliphatic rings. The first-order valence-corrected chi connectivity index (χ1v) is 7.15. The van der Waals surface area contributed by atoms with Crippen molar-refractivity contribution < 1.29 is 0 Å². The fourth-order valence-electron chi connectivity index (χ4n) is 1.56. The summed E-state index contributed by atoms with van der Waals surface area (Å²) < 4.78 is 1.94. The van der Waals surface area contributed by atoms with Crippen molar-refractivity contribution in [1.29, 1.82) is 0 Å². The molecule has 1 aromatic rings. The maximum Gasteiger partial charge on any atom is 0.191 e. The lowest BCUT2D eigenvalue weighted by atomic mass is 10.1. The van der Waals surface area contributed by atoms with Crippen molar-refractivity contribution in [2.45, 2.75) is 46.7 Å². The van der Waals surface area contributed by atoms with Crippen LogP contribution in [0.2, 0.25) is 0 Å². The first-order chi connectivity index (χ1) is 9.13. The second-order valence-corrected chi connectivity index (χ2v) is 5.06. The lowest BCUT2D eigenvalue weighted by Crippen LogP contribution is -2.44. The van der Waals surface area contributed by atoms with E-state index in [4.69, 9.17) is 0 Å². The molecular weight excluding hydrogens is 238 g/mol. The summed E-state index contributed by atoms with van der Waals surface area (Å²) in [4.78, 5) is 4.59. The SMILES string of the molecule is CCNC(=NCCCn1cccn1)NC(C)C(C)C. The molecule has 0 amide bonds. The molecule has 0 saturated carbocycles. The first-order valence-electron chi connectivity index (χ1n) is 7.15. The molecule has 0 aliphatic heterocycles. The minimum absolute atomic E-state index is 0.420. The lowest BCUT2D eigenvalue weighted by molar-refractivity contribution is 0.480. The second-order valence-electron chi connectivity index (χ2n) is 5.06. The van der Waals surface area contributed by atoms with Gasteiger partial charge >= 0.3 is 0 Å². The first kappa shape index (κ1) is 15.5. The average molecular weight is 265 g/mol. The third kappa shape index (κ3) is 6.27. The number of aryl methyl sites for hydroxylation is 1. The summed E-state index contributed by atoms with van der Waals surface area (Å²) in [5, 5.41) is 10.9. The highest BCUT2D eigenvalue weighted by molar-refractivity contribution is 5.80. The predicted octanol–water partition coefficient (Wildman–Crippen LogP) is 1.87. The van der Waals surface area contributed by atoms with Crippen LogP contribution in [0.4, 0.5) is 0 Å². The Morgan fingerprint density at radius 1 is 1.37 bits per heavy atom. The molecule has 2 N–H and O–H groups in total. The summed E-state index contributed by atoms with van der Waals surface area (Å²) in [6.45, 7) is 11.3. The topological polar surface area (TPSA) is 54.2 Å². The number of nitrogens with zero attached hydrogens (tertiary/aromatic N) is 3. The van der Waals surface area contributed by atoms with Crippen molar-refractivity contribution in [3.05, 3.63) is 18.5 Å². The standard InChI is InChI=1S/C14H27N5/c1-5-15-14(18-13(4)12(2)3)16-8-6-10-19-11-7-9-17-19/h7,9,11-13H,5-6,8,10H2,1-4H3,(H2,15,16,18). The summed E-state index contributed by atoms with van der Waals surface area (Å²) in [5.41, 5.74) is 0. The van der Waals surface area contributed by atoms with E-state index in [1.54, 1.807) is 6.20 Å². The van der Waals surface area contributed by atoms with Gasteiger partial charge in [-0.25, -0.2) is 0 Å². The van der Waals surface area contributed by atoms with E-state index < -0.39 is 0 Å². The van der Waals surface area contributed by atoms with Gasteiger partial charge in [0.2, 0.25) is 0 Å². The molecule has 108 valence electrons. The normalized spacial score (nSPS) is 13.6. The highest BCUT2D eigenvalue weighted by Gasteiger charge is 2.08. The van der Waals surface area contributed by atoms with Crippen LogP contribution in [0.25, 0.3) is 0 Å². The van der Waals surface area contributed by atoms with Crippen LogP contribution in [-0.4, -0.2) is 34.9 Å². The Kier molecular flexibility index (Phi) is 7.00. The maximum absolute atomic E-state index is 4.59. The molecule has 5 nitrogen and oxygen atoms in total. The zero-order valence-corrected chi connectivity index (χ0v) is 12.6. The summed E-state index contributed by atoms with van der Waals surface area (Å²) in [5.74, 6) is 1.50. The smallest absolute Gasteiger partial charge is 0.191 e. The van der Waals surface area contributed by atoms with Crippen LogP contribution in [0, 0.1) is 5.92 Å². The third-order valence-corrected chi connectivity index (χ3v) is 3.08. The van der Waals surface area contributed by atoms with Crippen molar-refractivity contribution in [3.8, 4) is 0 Å². The van der Waals surface area contributed by atoms with Crippen molar-refractivity contribution in [3.63, 3.8) is 0 Å². The van der Waals surface area contributed by atoms with Gasteiger partial charge in [0.05, 0.1) is 0 Å². The molecule has 19 heavy (non-hydrogen) atoms. The number of hydrogen-bond donors (Lipinski definition) is 2. The predicted molar refractivity (Wildman–Crippen MR) is 80.3 cm³/mol. The molecule has 1 rings (SSSR count). The maximum atomic E-state index is 4.59. The van der Waals surface area contributed by atoms with Gasteiger partial charge in [-0.3, -0.25) is 9.67 Å². The quantitative estimate of drug-likeness (QED) is 0.449. The largest absolute Gasteiger partial charge is 0.357 e. The summed E-state index contributed by atoms with van der Waals surface area (Å²) in [6.07, 6.45) is 4.78. The number of hydrogen-bond acceptors (Lipinski definition) is 2. The van der Waals surface area contributed by atoms with Gasteiger partial charge in [-0.15, -0.1) is 0 Å². The second kappa shape index (κ2) is 8.56. The minimum Gasteiger partial charge on any atom is -0.357 e. The van der Waals surface area contributed by atoms with E-state index in [-0.39, 0.29) is 0 Å². The zero-order valence-electron chi connectivity index (χ0n) is 12.6. The van der Waals surface area contributed by atoms with E-state index in [0.717, 1.165) is 32.0 Å². The van der Waals surface area contributed by atoms with E-state index in [1.807, 2.05) is 16.9 Å². The van der Waals surface area contributed by atoms with Gasteiger partial charge in [-0.05, 0) is 32.3 Å². The Morgan fingerprint density at radius 3 is 2.74 bits per heavy atom. The molecule has 5 heteroatoms. The van der Waals surface area contributed by atoms with Crippen LogP contribution in [0.5, 0.6) is 0 Å². The minimum atomic E-state index is 0.420. The molecule has 0 aliphatic carbocycles. The van der Waals surface area contributed by atoms with E-state index in [0.29, 0.717) is 12.0 Å². The highest BCUT2D eigenvalue weighted by atomic mass is 15.3. The number of aliphatic imine (C=N–C) groups is 1. The Bertz CT molecular complexity index is 356. The molecule has 0 radical (unpaired) electrons. The van der Waals surface area contributed by atoms with E-state index in [1.165, 1.54) is 0 Å². The Labute approximate surface area is 116 Å². The van der Waals surface area contributed by atoms with Gasteiger partial charge < -0.3 is 10.6 Å². The van der Waals surface area contributed by atoms with Crippen LogP contribution < -0.4 is 10.6 Å². The molecule has 0 fully saturated rings. The zero-order chi connectivity index (χ0) is 14.1. The fraction of sp³-hybridized carbons (Fsp3) is 0.714. The van der Waals surface area contributed by atoms with Crippen molar-refractivity contribution in [2.75, 3.05) is 13.1 Å². The van der Waals surface area contributed by atoms with Gasteiger partial charge in [-0.2, -0.15) is 5.10 Å². The van der Waals surface area contributed by atoms with Crippen molar-refractivity contribution in [2.24, 2.45) is 10.9 Å². The lowest BCUT2D eigenvalue weighted by Gasteiger charge is -2.20. The Balaban J connectivity index is 2.35. The third-order valence-electron chi connectivity index (χ3n) is 3.08. The number of rotatable bonds is 7. The van der Waals surface area contributed by atoms with Gasteiger partial charge in [-0.1, -0.05) is 13.8 Å². The molecule has 0 bridgehead atoms. The van der Waals surface area contributed by atoms with Gasteiger partial charge in [0.15, 0.2) is 5.96 Å². The van der Waals surface area contributed by atoms with Crippen molar-refractivity contribution >= 4 is 5.96 Å². The van der Waals surface area contributed by atoms with Crippen LogP contribution in [0.1, 0.15) is 34.1 Å². The summed E-state index contributed by atoms with van der Waals surface area (Å²) in [7, 11) is 0. The molecule has 1 aromatic heterocycles. The Hall–Kier alpha value is -1.52. The molecule has 1 unspecified atom stereocenters. The van der Waals surface area contributed by atoms with Crippen LogP contribution in [0.3, 0.4) is 0 Å². The number of aromatic nitrogens is 2.